The Labute approximate surface area is 161 Å². The molecule has 0 aromatic heterocycles. The highest BCUT2D eigenvalue weighted by Crippen LogP contribution is 2.17. The zero-order valence-corrected chi connectivity index (χ0v) is 16.9. The molecule has 1 fully saturated rings. The average molecular weight is 378 g/mol. The van der Waals surface area contributed by atoms with Crippen molar-refractivity contribution in [3.05, 3.63) is 30.1 Å². The monoisotopic (exact) mass is 377 g/mol. The van der Waals surface area contributed by atoms with Crippen LogP contribution in [-0.4, -0.2) is 62.6 Å². The zero-order chi connectivity index (χ0) is 19.9. The van der Waals surface area contributed by atoms with Crippen LogP contribution in [0.3, 0.4) is 0 Å². The third-order valence-electron chi connectivity index (χ3n) is 4.45. The number of aliphatic imine (C=N–C) groups is 1. The molecule has 27 heavy (non-hydrogen) atoms. The standard InChI is InChI=1S/C20H32FN5O/c1-5-22-19(24-11-10-23-18(27)20(2,3)4)26-14-12-25(13-15-26)17-8-6-16(21)7-9-17/h6-9H,5,10-15H2,1-4H3,(H,22,24)(H,23,27). The quantitative estimate of drug-likeness (QED) is 0.469. The van der Waals surface area contributed by atoms with Crippen molar-refractivity contribution in [1.29, 1.82) is 0 Å². The molecule has 0 unspecified atom stereocenters. The molecule has 150 valence electrons. The van der Waals surface area contributed by atoms with Gasteiger partial charge in [0.2, 0.25) is 5.91 Å². The highest BCUT2D eigenvalue weighted by atomic mass is 19.1. The Morgan fingerprint density at radius 2 is 1.74 bits per heavy atom. The van der Waals surface area contributed by atoms with Gasteiger partial charge in [-0.2, -0.15) is 0 Å². The van der Waals surface area contributed by atoms with Crippen molar-refractivity contribution in [3.8, 4) is 0 Å². The number of nitrogens with one attached hydrogen (secondary N) is 2. The molecule has 1 heterocycles. The number of hydrogen-bond donors (Lipinski definition) is 2. The van der Waals surface area contributed by atoms with E-state index in [-0.39, 0.29) is 17.1 Å². The highest BCUT2D eigenvalue weighted by molar-refractivity contribution is 5.82. The van der Waals surface area contributed by atoms with E-state index >= 15 is 0 Å². The van der Waals surface area contributed by atoms with Crippen LogP contribution >= 0.6 is 0 Å². The van der Waals surface area contributed by atoms with E-state index in [1.165, 1.54) is 12.1 Å². The van der Waals surface area contributed by atoms with Gasteiger partial charge in [0.1, 0.15) is 5.82 Å². The van der Waals surface area contributed by atoms with E-state index < -0.39 is 0 Å². The lowest BCUT2D eigenvalue weighted by Crippen LogP contribution is -2.52. The summed E-state index contributed by atoms with van der Waals surface area (Å²) in [7, 11) is 0. The number of benzene rings is 1. The van der Waals surface area contributed by atoms with Gasteiger partial charge in [-0.15, -0.1) is 0 Å². The maximum absolute atomic E-state index is 13.1. The van der Waals surface area contributed by atoms with Crippen LogP contribution in [0.5, 0.6) is 0 Å². The van der Waals surface area contributed by atoms with Crippen LogP contribution in [0.4, 0.5) is 10.1 Å². The molecule has 1 amide bonds. The van der Waals surface area contributed by atoms with E-state index in [2.05, 4.69) is 25.4 Å². The van der Waals surface area contributed by atoms with Gasteiger partial charge in [-0.05, 0) is 31.2 Å². The van der Waals surface area contributed by atoms with E-state index in [0.29, 0.717) is 13.1 Å². The molecule has 0 bridgehead atoms. The van der Waals surface area contributed by atoms with Crippen molar-refractivity contribution in [1.82, 2.24) is 15.5 Å². The van der Waals surface area contributed by atoms with E-state index in [9.17, 15) is 9.18 Å². The fourth-order valence-corrected chi connectivity index (χ4v) is 2.85. The van der Waals surface area contributed by atoms with Crippen molar-refractivity contribution in [3.63, 3.8) is 0 Å². The van der Waals surface area contributed by atoms with Crippen LogP contribution in [0.15, 0.2) is 29.3 Å². The van der Waals surface area contributed by atoms with Gasteiger partial charge in [-0.1, -0.05) is 20.8 Å². The van der Waals surface area contributed by atoms with Gasteiger partial charge in [0.05, 0.1) is 6.54 Å². The zero-order valence-electron chi connectivity index (χ0n) is 16.9. The molecule has 0 saturated carbocycles. The first-order valence-electron chi connectivity index (χ1n) is 9.63. The molecule has 6 nitrogen and oxygen atoms in total. The van der Waals surface area contributed by atoms with Gasteiger partial charge in [0.15, 0.2) is 5.96 Å². The Kier molecular flexibility index (Phi) is 7.45. The van der Waals surface area contributed by atoms with Crippen LogP contribution < -0.4 is 15.5 Å². The number of rotatable bonds is 5. The molecule has 1 aliphatic rings. The maximum atomic E-state index is 13.1. The molecule has 1 saturated heterocycles. The van der Waals surface area contributed by atoms with Gasteiger partial charge in [-0.3, -0.25) is 9.79 Å². The normalized spacial score (nSPS) is 15.7. The lowest BCUT2D eigenvalue weighted by molar-refractivity contribution is -0.128. The number of amides is 1. The second kappa shape index (κ2) is 9.58. The number of piperazine rings is 1. The maximum Gasteiger partial charge on any atom is 0.225 e. The van der Waals surface area contributed by atoms with E-state index in [0.717, 1.165) is 44.4 Å². The van der Waals surface area contributed by atoms with Crippen LogP contribution in [-0.2, 0) is 4.79 Å². The average Bonchev–Trinajstić information content (AvgIpc) is 2.64. The number of hydrogen-bond acceptors (Lipinski definition) is 3. The minimum absolute atomic E-state index is 0.0376. The molecule has 2 rings (SSSR count). The highest BCUT2D eigenvalue weighted by Gasteiger charge is 2.21. The number of guanidine groups is 1. The van der Waals surface area contributed by atoms with Crippen LogP contribution in [0.1, 0.15) is 27.7 Å². The Morgan fingerprint density at radius 1 is 1.11 bits per heavy atom. The fourth-order valence-electron chi connectivity index (χ4n) is 2.85. The second-order valence-corrected chi connectivity index (χ2v) is 7.69. The molecule has 2 N–H and O–H groups in total. The summed E-state index contributed by atoms with van der Waals surface area (Å²) in [5.74, 6) is 0.703. The molecule has 0 radical (unpaired) electrons. The van der Waals surface area contributed by atoms with Gasteiger partial charge in [-0.25, -0.2) is 4.39 Å². The van der Waals surface area contributed by atoms with Crippen molar-refractivity contribution in [2.24, 2.45) is 10.4 Å². The summed E-state index contributed by atoms with van der Waals surface area (Å²) in [5, 5.41) is 6.25. The van der Waals surface area contributed by atoms with E-state index in [4.69, 9.17) is 0 Å². The lowest BCUT2D eigenvalue weighted by Gasteiger charge is -2.37. The van der Waals surface area contributed by atoms with Gasteiger partial charge >= 0.3 is 0 Å². The molecule has 1 aliphatic heterocycles. The van der Waals surface area contributed by atoms with Crippen LogP contribution in [0.2, 0.25) is 0 Å². The summed E-state index contributed by atoms with van der Waals surface area (Å²) in [5.41, 5.74) is 0.660. The SMILES string of the molecule is CCNC(=NCCNC(=O)C(C)(C)C)N1CCN(c2ccc(F)cc2)CC1. The number of halogens is 1. The summed E-state index contributed by atoms with van der Waals surface area (Å²) < 4.78 is 13.1. The predicted molar refractivity (Wildman–Crippen MR) is 109 cm³/mol. The second-order valence-electron chi connectivity index (χ2n) is 7.69. The van der Waals surface area contributed by atoms with Crippen molar-refractivity contribution < 1.29 is 9.18 Å². The van der Waals surface area contributed by atoms with Gasteiger partial charge < -0.3 is 20.4 Å². The minimum atomic E-state index is -0.384. The minimum Gasteiger partial charge on any atom is -0.368 e. The largest absolute Gasteiger partial charge is 0.368 e. The lowest BCUT2D eigenvalue weighted by atomic mass is 9.96. The summed E-state index contributed by atoms with van der Waals surface area (Å²) in [4.78, 5) is 21.0. The first kappa shape index (κ1) is 21.0. The molecular weight excluding hydrogens is 345 g/mol. The Morgan fingerprint density at radius 3 is 2.30 bits per heavy atom. The van der Waals surface area contributed by atoms with Gasteiger partial charge in [0.25, 0.3) is 0 Å². The smallest absolute Gasteiger partial charge is 0.225 e. The molecule has 0 aliphatic carbocycles. The number of anilines is 1. The molecule has 0 atom stereocenters. The van der Waals surface area contributed by atoms with Crippen LogP contribution in [0, 0.1) is 11.2 Å². The first-order chi connectivity index (χ1) is 12.8. The summed E-state index contributed by atoms with van der Waals surface area (Å²) in [6, 6.07) is 6.64. The molecule has 7 heteroatoms. The van der Waals surface area contributed by atoms with Crippen LogP contribution in [0.25, 0.3) is 0 Å². The molecule has 0 spiro atoms. The van der Waals surface area contributed by atoms with E-state index in [1.807, 2.05) is 39.8 Å². The molecule has 1 aromatic carbocycles. The Hall–Kier alpha value is -2.31. The van der Waals surface area contributed by atoms with Gasteiger partial charge in [0, 0.05) is 50.4 Å². The Balaban J connectivity index is 1.86. The van der Waals surface area contributed by atoms with E-state index in [1.54, 1.807) is 0 Å². The third-order valence-corrected chi connectivity index (χ3v) is 4.45. The molecule has 1 aromatic rings. The number of carbonyl (C=O) groups is 1. The summed E-state index contributed by atoms with van der Waals surface area (Å²) in [6.45, 7) is 13.0. The Bertz CT molecular complexity index is 631. The summed E-state index contributed by atoms with van der Waals surface area (Å²) in [6.07, 6.45) is 0. The topological polar surface area (TPSA) is 60.0 Å². The third kappa shape index (κ3) is 6.41. The van der Waals surface area contributed by atoms with Crippen molar-refractivity contribution >= 4 is 17.6 Å². The molecular formula is C20H32FN5O. The van der Waals surface area contributed by atoms with Crippen molar-refractivity contribution in [2.45, 2.75) is 27.7 Å². The fraction of sp³-hybridized carbons (Fsp3) is 0.600. The number of nitrogens with zero attached hydrogens (tertiary/aromatic N) is 3. The summed E-state index contributed by atoms with van der Waals surface area (Å²) >= 11 is 0. The number of carbonyl (C=O) groups excluding carboxylic acids is 1. The predicted octanol–water partition coefficient (Wildman–Crippen LogP) is 2.08. The van der Waals surface area contributed by atoms with Crippen molar-refractivity contribution in [2.75, 3.05) is 50.7 Å². The first-order valence-corrected chi connectivity index (χ1v) is 9.63.